The van der Waals surface area contributed by atoms with Gasteiger partial charge in [0.05, 0.1) is 0 Å². The number of hydrogen-bond acceptors (Lipinski definition) is 3. The van der Waals surface area contributed by atoms with Crippen molar-refractivity contribution in [2.45, 2.75) is 19.3 Å². The number of likely N-dealkylation sites (tertiary alicyclic amines) is 1. The van der Waals surface area contributed by atoms with Gasteiger partial charge in [-0.1, -0.05) is 30.3 Å². The van der Waals surface area contributed by atoms with Crippen molar-refractivity contribution in [3.63, 3.8) is 0 Å². The molecule has 19 heavy (non-hydrogen) atoms. The molecule has 0 radical (unpaired) electrons. The second-order valence-electron chi connectivity index (χ2n) is 5.41. The average Bonchev–Trinajstić information content (AvgIpc) is 2.46. The standard InChI is InChI=1S/C16H24N2O/c1-17-12-14-6-5-10-18(13-14)11-9-16(19)15-7-3-2-4-8-15/h2-4,7-8,14,17H,5-6,9-13H2,1H3. The number of Topliss-reactive ketones (excluding diaryl/α,β-unsaturated/α-hetero) is 1. The van der Waals surface area contributed by atoms with E-state index in [2.05, 4.69) is 10.2 Å². The number of hydrogen-bond donors (Lipinski definition) is 1. The number of ketones is 1. The molecule has 0 spiro atoms. The summed E-state index contributed by atoms with van der Waals surface area (Å²) >= 11 is 0. The molecule has 1 heterocycles. The monoisotopic (exact) mass is 260 g/mol. The number of carbonyl (C=O) groups is 1. The highest BCUT2D eigenvalue weighted by Crippen LogP contribution is 2.16. The van der Waals surface area contributed by atoms with Crippen molar-refractivity contribution in [1.29, 1.82) is 0 Å². The lowest BCUT2D eigenvalue weighted by Crippen LogP contribution is -2.39. The van der Waals surface area contributed by atoms with E-state index in [0.717, 1.165) is 37.7 Å². The summed E-state index contributed by atoms with van der Waals surface area (Å²) < 4.78 is 0. The van der Waals surface area contributed by atoms with Crippen LogP contribution in [0.15, 0.2) is 30.3 Å². The lowest BCUT2D eigenvalue weighted by Gasteiger charge is -2.32. The number of nitrogens with zero attached hydrogens (tertiary/aromatic N) is 1. The first-order chi connectivity index (χ1) is 9.29. The molecule has 0 bridgehead atoms. The summed E-state index contributed by atoms with van der Waals surface area (Å²) in [6.45, 7) is 4.25. The van der Waals surface area contributed by atoms with Crippen molar-refractivity contribution in [2.75, 3.05) is 33.2 Å². The summed E-state index contributed by atoms with van der Waals surface area (Å²) in [5.41, 5.74) is 0.839. The Kier molecular flexibility index (Phi) is 5.55. The molecule has 1 fully saturated rings. The van der Waals surface area contributed by atoms with E-state index in [1.165, 1.54) is 12.8 Å². The van der Waals surface area contributed by atoms with E-state index in [1.807, 2.05) is 37.4 Å². The number of rotatable bonds is 6. The molecule has 0 amide bonds. The van der Waals surface area contributed by atoms with Gasteiger partial charge in [-0.3, -0.25) is 4.79 Å². The highest BCUT2D eigenvalue weighted by molar-refractivity contribution is 5.96. The molecular weight excluding hydrogens is 236 g/mol. The van der Waals surface area contributed by atoms with Gasteiger partial charge in [0.1, 0.15) is 0 Å². The molecule has 1 aliphatic rings. The van der Waals surface area contributed by atoms with Gasteiger partial charge >= 0.3 is 0 Å². The quantitative estimate of drug-likeness (QED) is 0.796. The van der Waals surface area contributed by atoms with E-state index >= 15 is 0 Å². The van der Waals surface area contributed by atoms with Gasteiger partial charge in [0, 0.05) is 25.1 Å². The van der Waals surface area contributed by atoms with Crippen LogP contribution in [0.5, 0.6) is 0 Å². The number of benzene rings is 1. The Labute approximate surface area is 116 Å². The third-order valence-electron chi connectivity index (χ3n) is 3.85. The summed E-state index contributed by atoms with van der Waals surface area (Å²) in [6.07, 6.45) is 3.20. The van der Waals surface area contributed by atoms with Gasteiger partial charge in [0.2, 0.25) is 0 Å². The first kappa shape index (κ1) is 14.2. The maximum absolute atomic E-state index is 12.1. The molecule has 1 aromatic carbocycles. The Balaban J connectivity index is 1.77. The van der Waals surface area contributed by atoms with Crippen LogP contribution < -0.4 is 5.32 Å². The van der Waals surface area contributed by atoms with E-state index in [4.69, 9.17) is 0 Å². The molecule has 3 heteroatoms. The summed E-state index contributed by atoms with van der Waals surface area (Å²) in [7, 11) is 2.01. The van der Waals surface area contributed by atoms with E-state index in [0.29, 0.717) is 6.42 Å². The highest BCUT2D eigenvalue weighted by atomic mass is 16.1. The largest absolute Gasteiger partial charge is 0.319 e. The van der Waals surface area contributed by atoms with Gasteiger partial charge in [-0.2, -0.15) is 0 Å². The first-order valence-corrected chi connectivity index (χ1v) is 7.25. The molecular formula is C16H24N2O. The summed E-state index contributed by atoms with van der Waals surface area (Å²) in [4.78, 5) is 14.5. The molecule has 104 valence electrons. The van der Waals surface area contributed by atoms with Gasteiger partial charge in [-0.25, -0.2) is 0 Å². The first-order valence-electron chi connectivity index (χ1n) is 7.25. The van der Waals surface area contributed by atoms with E-state index in [1.54, 1.807) is 0 Å². The summed E-state index contributed by atoms with van der Waals surface area (Å²) in [6, 6.07) is 9.61. The number of nitrogens with one attached hydrogen (secondary N) is 1. The van der Waals surface area contributed by atoms with Crippen molar-refractivity contribution in [1.82, 2.24) is 10.2 Å². The van der Waals surface area contributed by atoms with Gasteiger partial charge in [0.15, 0.2) is 5.78 Å². The van der Waals surface area contributed by atoms with Crippen LogP contribution in [0.4, 0.5) is 0 Å². The Morgan fingerprint density at radius 2 is 2.16 bits per heavy atom. The fourth-order valence-electron chi connectivity index (χ4n) is 2.84. The van der Waals surface area contributed by atoms with Crippen molar-refractivity contribution < 1.29 is 4.79 Å². The smallest absolute Gasteiger partial charge is 0.164 e. The maximum atomic E-state index is 12.1. The van der Waals surface area contributed by atoms with Crippen LogP contribution in [-0.4, -0.2) is 43.9 Å². The van der Waals surface area contributed by atoms with Gasteiger partial charge in [-0.15, -0.1) is 0 Å². The van der Waals surface area contributed by atoms with Crippen molar-refractivity contribution in [3.8, 4) is 0 Å². The third-order valence-corrected chi connectivity index (χ3v) is 3.85. The third kappa shape index (κ3) is 4.44. The predicted octanol–water partition coefficient (Wildman–Crippen LogP) is 2.19. The van der Waals surface area contributed by atoms with E-state index in [-0.39, 0.29) is 5.78 Å². The Morgan fingerprint density at radius 3 is 2.89 bits per heavy atom. The number of carbonyl (C=O) groups excluding carboxylic acids is 1. The molecule has 1 atom stereocenters. The van der Waals surface area contributed by atoms with Crippen LogP contribution in [0, 0.1) is 5.92 Å². The minimum absolute atomic E-state index is 0.260. The second kappa shape index (κ2) is 7.41. The van der Waals surface area contributed by atoms with Gasteiger partial charge < -0.3 is 10.2 Å². The van der Waals surface area contributed by atoms with Gasteiger partial charge in [-0.05, 0) is 38.9 Å². The molecule has 1 saturated heterocycles. The fourth-order valence-corrected chi connectivity index (χ4v) is 2.84. The van der Waals surface area contributed by atoms with Crippen LogP contribution in [0.25, 0.3) is 0 Å². The van der Waals surface area contributed by atoms with Crippen molar-refractivity contribution >= 4 is 5.78 Å². The minimum atomic E-state index is 0.260. The normalized spacial score (nSPS) is 20.4. The Morgan fingerprint density at radius 1 is 1.37 bits per heavy atom. The Bertz CT molecular complexity index is 389. The minimum Gasteiger partial charge on any atom is -0.319 e. The number of piperidine rings is 1. The average molecular weight is 260 g/mol. The molecule has 0 aliphatic carbocycles. The molecule has 1 aromatic rings. The van der Waals surface area contributed by atoms with Crippen LogP contribution in [-0.2, 0) is 0 Å². The fraction of sp³-hybridized carbons (Fsp3) is 0.562. The summed E-state index contributed by atoms with van der Waals surface area (Å²) in [5, 5.41) is 3.26. The molecule has 1 aliphatic heterocycles. The van der Waals surface area contributed by atoms with Crippen molar-refractivity contribution in [2.24, 2.45) is 5.92 Å². The molecule has 0 aromatic heterocycles. The lowest BCUT2D eigenvalue weighted by molar-refractivity contribution is 0.0946. The summed E-state index contributed by atoms with van der Waals surface area (Å²) in [5.74, 6) is 1.00. The zero-order valence-electron chi connectivity index (χ0n) is 11.8. The SMILES string of the molecule is CNCC1CCCN(CCC(=O)c2ccccc2)C1. The van der Waals surface area contributed by atoms with E-state index < -0.39 is 0 Å². The predicted molar refractivity (Wildman–Crippen MR) is 78.5 cm³/mol. The zero-order chi connectivity index (χ0) is 13.5. The second-order valence-corrected chi connectivity index (χ2v) is 5.41. The van der Waals surface area contributed by atoms with Crippen molar-refractivity contribution in [3.05, 3.63) is 35.9 Å². The highest BCUT2D eigenvalue weighted by Gasteiger charge is 2.19. The van der Waals surface area contributed by atoms with Crippen LogP contribution in [0.3, 0.4) is 0 Å². The Hall–Kier alpha value is -1.19. The maximum Gasteiger partial charge on any atom is 0.164 e. The molecule has 1 unspecified atom stereocenters. The molecule has 3 nitrogen and oxygen atoms in total. The van der Waals surface area contributed by atoms with Gasteiger partial charge in [0.25, 0.3) is 0 Å². The molecule has 1 N–H and O–H groups in total. The van der Waals surface area contributed by atoms with Crippen LogP contribution >= 0.6 is 0 Å². The zero-order valence-corrected chi connectivity index (χ0v) is 11.8. The molecule has 0 saturated carbocycles. The van der Waals surface area contributed by atoms with Crippen LogP contribution in [0.2, 0.25) is 0 Å². The van der Waals surface area contributed by atoms with E-state index in [9.17, 15) is 4.79 Å². The molecule has 2 rings (SSSR count). The lowest BCUT2D eigenvalue weighted by atomic mass is 9.97. The van der Waals surface area contributed by atoms with Crippen LogP contribution in [0.1, 0.15) is 29.6 Å². The topological polar surface area (TPSA) is 32.3 Å².